The third-order valence-corrected chi connectivity index (χ3v) is 4.57. The lowest BCUT2D eigenvalue weighted by Crippen LogP contribution is -2.42. The molecule has 28 heavy (non-hydrogen) atoms. The summed E-state index contributed by atoms with van der Waals surface area (Å²) in [6, 6.07) is 15.7. The van der Waals surface area contributed by atoms with E-state index in [-0.39, 0.29) is 5.91 Å². The standard InChI is InChI=1S/C22H27N5O/c1-16-8-9-19-18(15-27-20(19)14-16)10-11-25-22(23-2)26-13-12-24-21(28)17-6-4-3-5-7-17/h3-9,14-15,27H,10-13H2,1-2H3,(H,24,28)(H2,23,25,26). The van der Waals surface area contributed by atoms with E-state index in [4.69, 9.17) is 0 Å². The topological polar surface area (TPSA) is 81.3 Å². The summed E-state index contributed by atoms with van der Waals surface area (Å²) >= 11 is 0. The van der Waals surface area contributed by atoms with E-state index in [9.17, 15) is 4.79 Å². The van der Waals surface area contributed by atoms with Gasteiger partial charge in [-0.05, 0) is 42.7 Å². The lowest BCUT2D eigenvalue weighted by Gasteiger charge is -2.12. The molecule has 1 heterocycles. The van der Waals surface area contributed by atoms with Crippen LogP contribution in [0.1, 0.15) is 21.5 Å². The Hall–Kier alpha value is -3.28. The minimum atomic E-state index is -0.0695. The molecule has 0 bridgehead atoms. The highest BCUT2D eigenvalue weighted by molar-refractivity contribution is 5.94. The van der Waals surface area contributed by atoms with Crippen LogP contribution in [0.3, 0.4) is 0 Å². The molecular weight excluding hydrogens is 350 g/mol. The Balaban J connectivity index is 1.39. The molecule has 1 aromatic heterocycles. The van der Waals surface area contributed by atoms with Crippen LogP contribution in [-0.2, 0) is 6.42 Å². The Morgan fingerprint density at radius 3 is 2.54 bits per heavy atom. The maximum absolute atomic E-state index is 12.0. The summed E-state index contributed by atoms with van der Waals surface area (Å²) in [6.07, 6.45) is 2.97. The first-order valence-corrected chi connectivity index (χ1v) is 9.52. The number of amides is 1. The first-order valence-electron chi connectivity index (χ1n) is 9.52. The van der Waals surface area contributed by atoms with Crippen molar-refractivity contribution < 1.29 is 4.79 Å². The van der Waals surface area contributed by atoms with Crippen molar-refractivity contribution in [1.82, 2.24) is 20.9 Å². The average Bonchev–Trinajstić information content (AvgIpc) is 3.12. The van der Waals surface area contributed by atoms with Gasteiger partial charge in [0.25, 0.3) is 5.91 Å². The number of guanidine groups is 1. The fourth-order valence-electron chi connectivity index (χ4n) is 3.09. The number of aromatic nitrogens is 1. The molecule has 0 aliphatic carbocycles. The van der Waals surface area contributed by atoms with Crippen LogP contribution in [-0.4, -0.2) is 43.5 Å². The van der Waals surface area contributed by atoms with Crippen molar-refractivity contribution in [2.24, 2.45) is 4.99 Å². The zero-order valence-corrected chi connectivity index (χ0v) is 16.4. The summed E-state index contributed by atoms with van der Waals surface area (Å²) in [7, 11) is 1.74. The molecule has 0 atom stereocenters. The fourth-order valence-corrected chi connectivity index (χ4v) is 3.09. The number of hydrogen-bond acceptors (Lipinski definition) is 2. The smallest absolute Gasteiger partial charge is 0.251 e. The van der Waals surface area contributed by atoms with E-state index in [2.05, 4.69) is 57.2 Å². The zero-order chi connectivity index (χ0) is 19.8. The van der Waals surface area contributed by atoms with Gasteiger partial charge in [0.15, 0.2) is 5.96 Å². The van der Waals surface area contributed by atoms with E-state index in [0.717, 1.165) is 18.9 Å². The van der Waals surface area contributed by atoms with E-state index in [1.54, 1.807) is 19.2 Å². The Kier molecular flexibility index (Phi) is 6.68. The highest BCUT2D eigenvalue weighted by Crippen LogP contribution is 2.19. The predicted molar refractivity (Wildman–Crippen MR) is 115 cm³/mol. The molecule has 0 saturated carbocycles. The van der Waals surface area contributed by atoms with Gasteiger partial charge in [-0.15, -0.1) is 0 Å². The van der Waals surface area contributed by atoms with Gasteiger partial charge in [-0.3, -0.25) is 9.79 Å². The van der Waals surface area contributed by atoms with Gasteiger partial charge in [0.05, 0.1) is 0 Å². The third-order valence-electron chi connectivity index (χ3n) is 4.57. The average molecular weight is 377 g/mol. The maximum Gasteiger partial charge on any atom is 0.251 e. The number of H-pyrrole nitrogens is 1. The van der Waals surface area contributed by atoms with E-state index in [0.29, 0.717) is 18.7 Å². The second kappa shape index (κ2) is 9.60. The van der Waals surface area contributed by atoms with Crippen LogP contribution < -0.4 is 16.0 Å². The van der Waals surface area contributed by atoms with Gasteiger partial charge in [0.2, 0.25) is 0 Å². The summed E-state index contributed by atoms with van der Waals surface area (Å²) < 4.78 is 0. The molecule has 3 rings (SSSR count). The van der Waals surface area contributed by atoms with Crippen molar-refractivity contribution in [2.75, 3.05) is 26.7 Å². The van der Waals surface area contributed by atoms with Crippen LogP contribution in [0.15, 0.2) is 59.7 Å². The minimum absolute atomic E-state index is 0.0695. The molecule has 0 unspecified atom stereocenters. The number of aryl methyl sites for hydroxylation is 1. The number of rotatable bonds is 7. The Morgan fingerprint density at radius 2 is 1.75 bits per heavy atom. The van der Waals surface area contributed by atoms with Gasteiger partial charge < -0.3 is 20.9 Å². The van der Waals surface area contributed by atoms with Crippen molar-refractivity contribution in [2.45, 2.75) is 13.3 Å². The van der Waals surface area contributed by atoms with Gasteiger partial charge >= 0.3 is 0 Å². The number of carbonyl (C=O) groups is 1. The molecule has 146 valence electrons. The number of benzene rings is 2. The van der Waals surface area contributed by atoms with Crippen LogP contribution >= 0.6 is 0 Å². The Morgan fingerprint density at radius 1 is 1.00 bits per heavy atom. The summed E-state index contributed by atoms with van der Waals surface area (Å²) in [6.45, 7) is 4.00. The minimum Gasteiger partial charge on any atom is -0.361 e. The van der Waals surface area contributed by atoms with Crippen molar-refractivity contribution >= 4 is 22.8 Å². The quantitative estimate of drug-likeness (QED) is 0.290. The number of fused-ring (bicyclic) bond motifs is 1. The molecule has 0 fully saturated rings. The largest absolute Gasteiger partial charge is 0.361 e. The molecule has 2 aromatic carbocycles. The van der Waals surface area contributed by atoms with Crippen molar-refractivity contribution in [3.63, 3.8) is 0 Å². The van der Waals surface area contributed by atoms with Gasteiger partial charge in [-0.25, -0.2) is 0 Å². The number of nitrogens with zero attached hydrogens (tertiary/aromatic N) is 1. The van der Waals surface area contributed by atoms with Crippen LogP contribution in [0.4, 0.5) is 0 Å². The van der Waals surface area contributed by atoms with E-state index >= 15 is 0 Å². The SMILES string of the molecule is CN=C(NCCNC(=O)c1ccccc1)NCCc1c[nH]c2cc(C)ccc12. The highest BCUT2D eigenvalue weighted by Gasteiger charge is 2.05. The molecule has 0 aliphatic rings. The van der Waals surface area contributed by atoms with Crippen LogP contribution in [0.2, 0.25) is 0 Å². The highest BCUT2D eigenvalue weighted by atomic mass is 16.1. The number of aliphatic imine (C=N–C) groups is 1. The number of hydrogen-bond donors (Lipinski definition) is 4. The van der Waals surface area contributed by atoms with Crippen LogP contribution in [0.25, 0.3) is 10.9 Å². The van der Waals surface area contributed by atoms with Crippen molar-refractivity contribution in [3.8, 4) is 0 Å². The number of nitrogens with one attached hydrogen (secondary N) is 4. The molecule has 0 radical (unpaired) electrons. The molecule has 3 aromatic rings. The normalized spacial score (nSPS) is 11.4. The van der Waals surface area contributed by atoms with Crippen molar-refractivity contribution in [3.05, 3.63) is 71.4 Å². The second-order valence-corrected chi connectivity index (χ2v) is 6.66. The molecular formula is C22H27N5O. The fraction of sp³-hybridized carbons (Fsp3) is 0.273. The van der Waals surface area contributed by atoms with E-state index in [1.165, 1.54) is 22.0 Å². The molecule has 1 amide bonds. The van der Waals surface area contributed by atoms with Gasteiger partial charge in [0, 0.05) is 49.3 Å². The van der Waals surface area contributed by atoms with E-state index < -0.39 is 0 Å². The molecule has 0 spiro atoms. The second-order valence-electron chi connectivity index (χ2n) is 6.66. The first-order chi connectivity index (χ1) is 13.7. The third kappa shape index (κ3) is 5.13. The monoisotopic (exact) mass is 377 g/mol. The molecule has 0 aliphatic heterocycles. The Bertz CT molecular complexity index is 946. The summed E-state index contributed by atoms with van der Waals surface area (Å²) in [5.74, 6) is 0.657. The molecule has 0 saturated heterocycles. The lowest BCUT2D eigenvalue weighted by molar-refractivity contribution is 0.0954. The van der Waals surface area contributed by atoms with Gasteiger partial charge in [-0.1, -0.05) is 30.3 Å². The van der Waals surface area contributed by atoms with Crippen LogP contribution in [0, 0.1) is 6.92 Å². The van der Waals surface area contributed by atoms with Gasteiger partial charge in [-0.2, -0.15) is 0 Å². The van der Waals surface area contributed by atoms with Crippen molar-refractivity contribution in [1.29, 1.82) is 0 Å². The summed E-state index contributed by atoms with van der Waals surface area (Å²) in [5, 5.41) is 10.7. The lowest BCUT2D eigenvalue weighted by atomic mass is 10.1. The number of aromatic amines is 1. The first kappa shape index (κ1) is 19.5. The molecule has 4 N–H and O–H groups in total. The summed E-state index contributed by atoms with van der Waals surface area (Å²) in [4.78, 5) is 19.6. The van der Waals surface area contributed by atoms with Gasteiger partial charge in [0.1, 0.15) is 0 Å². The zero-order valence-electron chi connectivity index (χ0n) is 16.4. The molecule has 6 heteroatoms. The summed E-state index contributed by atoms with van der Waals surface area (Å²) in [5.41, 5.74) is 4.38. The number of carbonyl (C=O) groups excluding carboxylic acids is 1. The predicted octanol–water partition coefficient (Wildman–Crippen LogP) is 2.61. The maximum atomic E-state index is 12.0. The van der Waals surface area contributed by atoms with E-state index in [1.807, 2.05) is 18.2 Å². The molecule has 6 nitrogen and oxygen atoms in total. The Labute approximate surface area is 165 Å². The van der Waals surface area contributed by atoms with Crippen LogP contribution in [0.5, 0.6) is 0 Å².